The Morgan fingerprint density at radius 3 is 2.46 bits per heavy atom. The second-order valence-corrected chi connectivity index (χ2v) is 2.92. The molecule has 2 N–H and O–H groups in total. The van der Waals surface area contributed by atoms with E-state index in [-0.39, 0.29) is 6.10 Å². The topological polar surface area (TPSA) is 51.8 Å². The Morgan fingerprint density at radius 2 is 1.92 bits per heavy atom. The molecule has 0 bridgehead atoms. The predicted molar refractivity (Wildman–Crippen MR) is 49.5 cm³/mol. The maximum Gasteiger partial charge on any atom is 0.0971 e. The van der Waals surface area contributed by atoms with Crippen molar-refractivity contribution in [3.63, 3.8) is 0 Å². The van der Waals surface area contributed by atoms with Gasteiger partial charge in [0.2, 0.25) is 0 Å². The SMILES string of the molecule is CCNNCC(C)C(C)OOOC. The van der Waals surface area contributed by atoms with E-state index in [2.05, 4.69) is 27.7 Å². The van der Waals surface area contributed by atoms with E-state index in [1.165, 1.54) is 7.11 Å². The summed E-state index contributed by atoms with van der Waals surface area (Å²) in [6.45, 7) is 7.75. The van der Waals surface area contributed by atoms with Gasteiger partial charge < -0.3 is 0 Å². The molecule has 0 aromatic carbocycles. The van der Waals surface area contributed by atoms with Crippen LogP contribution < -0.4 is 10.9 Å². The van der Waals surface area contributed by atoms with Crippen molar-refractivity contribution < 1.29 is 14.8 Å². The highest BCUT2D eigenvalue weighted by Crippen LogP contribution is 2.05. The molecule has 0 aliphatic heterocycles. The molecule has 2 atom stereocenters. The first-order valence-electron chi connectivity index (χ1n) is 4.54. The fourth-order valence-corrected chi connectivity index (χ4v) is 0.720. The van der Waals surface area contributed by atoms with Gasteiger partial charge >= 0.3 is 0 Å². The molecule has 0 saturated heterocycles. The Bertz CT molecular complexity index is 114. The third kappa shape index (κ3) is 6.92. The molecule has 0 aliphatic carbocycles. The lowest BCUT2D eigenvalue weighted by atomic mass is 10.1. The van der Waals surface area contributed by atoms with Crippen LogP contribution in [0.15, 0.2) is 0 Å². The van der Waals surface area contributed by atoms with Gasteiger partial charge in [0.1, 0.15) is 0 Å². The molecule has 0 aliphatic rings. The third-order valence-corrected chi connectivity index (χ3v) is 1.79. The molecule has 0 amide bonds. The Morgan fingerprint density at radius 1 is 1.23 bits per heavy atom. The second-order valence-electron chi connectivity index (χ2n) is 2.92. The molecule has 0 spiro atoms. The first kappa shape index (κ1) is 12.8. The van der Waals surface area contributed by atoms with Crippen LogP contribution in [-0.2, 0) is 14.8 Å². The van der Waals surface area contributed by atoms with E-state index in [1.807, 2.05) is 13.8 Å². The van der Waals surface area contributed by atoms with Crippen molar-refractivity contribution in [2.75, 3.05) is 20.2 Å². The van der Waals surface area contributed by atoms with Gasteiger partial charge in [-0.15, -0.1) is 0 Å². The van der Waals surface area contributed by atoms with Gasteiger partial charge in [0, 0.05) is 13.1 Å². The van der Waals surface area contributed by atoms with Crippen LogP contribution in [-0.4, -0.2) is 26.3 Å². The average Bonchev–Trinajstić information content (AvgIpc) is 2.14. The van der Waals surface area contributed by atoms with Gasteiger partial charge in [0.15, 0.2) is 0 Å². The first-order chi connectivity index (χ1) is 6.22. The summed E-state index contributed by atoms with van der Waals surface area (Å²) in [6, 6.07) is 0. The molecular formula is C8H20N2O3. The minimum absolute atomic E-state index is 0.00824. The zero-order valence-electron chi connectivity index (χ0n) is 8.79. The van der Waals surface area contributed by atoms with Gasteiger partial charge in [-0.3, -0.25) is 10.9 Å². The minimum atomic E-state index is -0.00824. The number of nitrogens with one attached hydrogen (secondary N) is 2. The Balaban J connectivity index is 3.38. The molecule has 5 heteroatoms. The van der Waals surface area contributed by atoms with Gasteiger partial charge in [-0.05, 0) is 12.8 Å². The smallest absolute Gasteiger partial charge is 0.0971 e. The Labute approximate surface area is 79.6 Å². The standard InChI is InChI=1S/C8H20N2O3/c1-5-9-10-6-7(2)8(3)12-13-11-4/h7-10H,5-6H2,1-4H3. The van der Waals surface area contributed by atoms with Crippen LogP contribution in [0.1, 0.15) is 20.8 Å². The van der Waals surface area contributed by atoms with E-state index in [0.29, 0.717) is 5.92 Å². The molecule has 0 heterocycles. The van der Waals surface area contributed by atoms with Crippen LogP contribution in [0, 0.1) is 5.92 Å². The summed E-state index contributed by atoms with van der Waals surface area (Å²) >= 11 is 0. The van der Waals surface area contributed by atoms with E-state index in [9.17, 15) is 0 Å². The van der Waals surface area contributed by atoms with Crippen molar-refractivity contribution in [2.45, 2.75) is 26.9 Å². The summed E-state index contributed by atoms with van der Waals surface area (Å²) in [5.41, 5.74) is 6.08. The van der Waals surface area contributed by atoms with Gasteiger partial charge in [-0.1, -0.05) is 18.9 Å². The monoisotopic (exact) mass is 192 g/mol. The van der Waals surface area contributed by atoms with Crippen molar-refractivity contribution in [3.8, 4) is 0 Å². The largest absolute Gasteiger partial charge is 0.258 e. The van der Waals surface area contributed by atoms with Crippen LogP contribution in [0.5, 0.6) is 0 Å². The Kier molecular flexibility index (Phi) is 8.27. The van der Waals surface area contributed by atoms with Crippen molar-refractivity contribution >= 4 is 0 Å². The van der Waals surface area contributed by atoms with Crippen LogP contribution in [0.4, 0.5) is 0 Å². The maximum absolute atomic E-state index is 4.89. The summed E-state index contributed by atoms with van der Waals surface area (Å²) in [5.74, 6) is 0.342. The highest BCUT2D eigenvalue weighted by Gasteiger charge is 2.13. The first-order valence-corrected chi connectivity index (χ1v) is 4.54. The molecule has 5 nitrogen and oxygen atoms in total. The molecule has 0 saturated carbocycles. The van der Waals surface area contributed by atoms with E-state index in [1.54, 1.807) is 0 Å². The van der Waals surface area contributed by atoms with Gasteiger partial charge in [-0.25, -0.2) is 9.78 Å². The molecular weight excluding hydrogens is 172 g/mol. The van der Waals surface area contributed by atoms with Gasteiger partial charge in [-0.2, -0.15) is 0 Å². The number of rotatable bonds is 8. The Hall–Kier alpha value is -0.200. The van der Waals surface area contributed by atoms with E-state index < -0.39 is 0 Å². The lowest BCUT2D eigenvalue weighted by molar-refractivity contribution is -0.518. The van der Waals surface area contributed by atoms with E-state index in [4.69, 9.17) is 4.89 Å². The summed E-state index contributed by atoms with van der Waals surface area (Å²) < 4.78 is 0. The van der Waals surface area contributed by atoms with Crippen molar-refractivity contribution in [1.82, 2.24) is 10.9 Å². The molecule has 0 rings (SSSR count). The average molecular weight is 192 g/mol. The highest BCUT2D eigenvalue weighted by molar-refractivity contribution is 4.61. The molecule has 2 unspecified atom stereocenters. The lowest BCUT2D eigenvalue weighted by Gasteiger charge is -2.18. The number of hydrogen-bond acceptors (Lipinski definition) is 5. The predicted octanol–water partition coefficient (Wildman–Crippen LogP) is 0.635. The van der Waals surface area contributed by atoms with E-state index in [0.717, 1.165) is 13.1 Å². The lowest BCUT2D eigenvalue weighted by Crippen LogP contribution is -2.38. The normalized spacial score (nSPS) is 15.7. The van der Waals surface area contributed by atoms with Crippen LogP contribution in [0.25, 0.3) is 0 Å². The molecule has 0 fully saturated rings. The second kappa shape index (κ2) is 8.40. The highest BCUT2D eigenvalue weighted by atomic mass is 17.5. The van der Waals surface area contributed by atoms with Crippen LogP contribution in [0.3, 0.4) is 0 Å². The van der Waals surface area contributed by atoms with Gasteiger partial charge in [0.05, 0.1) is 13.2 Å². The van der Waals surface area contributed by atoms with Crippen LogP contribution >= 0.6 is 0 Å². The quantitative estimate of drug-likeness (QED) is 0.336. The molecule has 0 aromatic rings. The zero-order chi connectivity index (χ0) is 10.1. The number of hydrogen-bond donors (Lipinski definition) is 2. The minimum Gasteiger partial charge on any atom is -0.258 e. The molecule has 80 valence electrons. The summed E-state index contributed by atoms with van der Waals surface area (Å²) in [5, 5.41) is 4.37. The number of hydrazine groups is 1. The summed E-state index contributed by atoms with van der Waals surface area (Å²) in [4.78, 5) is 9.22. The summed E-state index contributed by atoms with van der Waals surface area (Å²) in [6.07, 6.45) is -0.00824. The molecule has 13 heavy (non-hydrogen) atoms. The summed E-state index contributed by atoms with van der Waals surface area (Å²) in [7, 11) is 1.41. The fraction of sp³-hybridized carbons (Fsp3) is 1.00. The van der Waals surface area contributed by atoms with Crippen molar-refractivity contribution in [1.29, 1.82) is 0 Å². The van der Waals surface area contributed by atoms with Crippen LogP contribution in [0.2, 0.25) is 0 Å². The fourth-order valence-electron chi connectivity index (χ4n) is 0.720. The molecule has 0 aromatic heterocycles. The zero-order valence-corrected chi connectivity index (χ0v) is 8.79. The molecule has 0 radical (unpaired) electrons. The van der Waals surface area contributed by atoms with E-state index >= 15 is 0 Å². The van der Waals surface area contributed by atoms with Crippen molar-refractivity contribution in [2.24, 2.45) is 5.92 Å². The maximum atomic E-state index is 4.89. The van der Waals surface area contributed by atoms with Gasteiger partial charge in [0.25, 0.3) is 0 Å². The van der Waals surface area contributed by atoms with Crippen molar-refractivity contribution in [3.05, 3.63) is 0 Å². The third-order valence-electron chi connectivity index (χ3n) is 1.79.